The Bertz CT molecular complexity index is 1210. The van der Waals surface area contributed by atoms with Crippen LogP contribution in [0.3, 0.4) is 0 Å². The van der Waals surface area contributed by atoms with Gasteiger partial charge >= 0.3 is 23.9 Å². The minimum absolute atomic E-state index is 0.0175. The minimum Gasteiger partial charge on any atom is -0.481 e. The van der Waals surface area contributed by atoms with Crippen molar-refractivity contribution in [3.63, 3.8) is 0 Å². The average Bonchev–Trinajstić information content (AvgIpc) is 3.27. The molecule has 0 fully saturated rings. The Morgan fingerprint density at radius 2 is 0.938 bits per heavy atom. The lowest BCUT2D eigenvalue weighted by molar-refractivity contribution is -0.157. The molecular weight excluding hydrogens is 847 g/mol. The standard InChI is InChI=1S/C51H95N3O10S/c1-3-5-7-9-11-13-15-17-19-21-23-27-31-35-48(58)63-40-43(64-49(59)36-32-28-24-22-20-18-16-14-12-10-8-6-4-2)41-65-42-44(52)50(60)53-39-33-29-25-26-30-34-46(55)54-45(51(61)62)37-38-47(56)57/h43-45H,3-42,52H2,1-2H3,(H,53,60)(H,54,55)(H,56,57)(H,61,62)/t43-,44+,45+/m1/s1. The van der Waals surface area contributed by atoms with E-state index in [4.69, 9.17) is 20.3 Å². The summed E-state index contributed by atoms with van der Waals surface area (Å²) < 4.78 is 11.4. The largest absolute Gasteiger partial charge is 0.481 e. The fourth-order valence-corrected chi connectivity index (χ4v) is 8.64. The van der Waals surface area contributed by atoms with E-state index in [0.29, 0.717) is 37.3 Å². The van der Waals surface area contributed by atoms with Gasteiger partial charge in [0.25, 0.3) is 0 Å². The van der Waals surface area contributed by atoms with Crippen molar-refractivity contribution in [1.29, 1.82) is 0 Å². The lowest BCUT2D eigenvalue weighted by atomic mass is 10.0. The monoisotopic (exact) mass is 942 g/mol. The maximum absolute atomic E-state index is 12.9. The van der Waals surface area contributed by atoms with Gasteiger partial charge in [-0.1, -0.05) is 187 Å². The van der Waals surface area contributed by atoms with Crippen LogP contribution >= 0.6 is 11.8 Å². The molecule has 0 saturated carbocycles. The highest BCUT2D eigenvalue weighted by molar-refractivity contribution is 7.99. The third kappa shape index (κ3) is 43.5. The maximum Gasteiger partial charge on any atom is 0.326 e. The van der Waals surface area contributed by atoms with E-state index < -0.39 is 36.0 Å². The summed E-state index contributed by atoms with van der Waals surface area (Å²) in [7, 11) is 0. The maximum atomic E-state index is 12.9. The average molecular weight is 942 g/mol. The predicted molar refractivity (Wildman–Crippen MR) is 264 cm³/mol. The molecule has 0 aromatic carbocycles. The van der Waals surface area contributed by atoms with Gasteiger partial charge in [-0.15, -0.1) is 0 Å². The quantitative estimate of drug-likeness (QED) is 0.0285. The highest BCUT2D eigenvalue weighted by Crippen LogP contribution is 2.17. The molecule has 0 radical (unpaired) electrons. The first kappa shape index (κ1) is 62.1. The second-order valence-corrected chi connectivity index (χ2v) is 19.2. The summed E-state index contributed by atoms with van der Waals surface area (Å²) in [6.07, 6.45) is 35.3. The molecule has 0 bridgehead atoms. The van der Waals surface area contributed by atoms with Crippen LogP contribution in [0.15, 0.2) is 0 Å². The summed E-state index contributed by atoms with van der Waals surface area (Å²) in [6.45, 7) is 4.94. The van der Waals surface area contributed by atoms with Crippen LogP contribution in [0.4, 0.5) is 0 Å². The number of carboxylic acid groups (broad SMARTS) is 2. The molecule has 0 heterocycles. The van der Waals surface area contributed by atoms with Crippen LogP contribution in [-0.4, -0.2) is 88.7 Å². The number of rotatable bonds is 49. The van der Waals surface area contributed by atoms with E-state index in [-0.39, 0.29) is 43.7 Å². The van der Waals surface area contributed by atoms with E-state index in [1.165, 1.54) is 140 Å². The number of hydrogen-bond acceptors (Lipinski definition) is 10. The number of thioether (sulfide) groups is 1. The SMILES string of the molecule is CCCCCCCCCCCCCCCC(=O)OC[C@H](CSC[C@H](N)C(=O)NCCCCCCCC(=O)N[C@@H](CCC(=O)O)C(=O)O)OC(=O)CCCCCCCCCCCCCCC. The zero-order valence-electron chi connectivity index (χ0n) is 41.2. The fourth-order valence-electron chi connectivity index (χ4n) is 7.67. The van der Waals surface area contributed by atoms with Crippen LogP contribution in [0.5, 0.6) is 0 Å². The Hall–Kier alpha value is -2.87. The third-order valence-electron chi connectivity index (χ3n) is 11.8. The van der Waals surface area contributed by atoms with Gasteiger partial charge in [-0.25, -0.2) is 4.79 Å². The number of carbonyl (C=O) groups excluding carboxylic acids is 4. The Balaban J connectivity index is 4.52. The highest BCUT2D eigenvalue weighted by Gasteiger charge is 2.21. The first-order valence-corrected chi connectivity index (χ1v) is 27.4. The number of carboxylic acids is 2. The Kier molecular flexibility index (Phi) is 44.2. The number of unbranched alkanes of at least 4 members (excludes halogenated alkanes) is 28. The second kappa shape index (κ2) is 46.2. The molecule has 0 aromatic heterocycles. The topological polar surface area (TPSA) is 211 Å². The first-order valence-electron chi connectivity index (χ1n) is 26.2. The number of hydrogen-bond donors (Lipinski definition) is 5. The van der Waals surface area contributed by atoms with Gasteiger partial charge in [0.2, 0.25) is 11.8 Å². The molecule has 0 saturated heterocycles. The molecule has 0 spiro atoms. The summed E-state index contributed by atoms with van der Waals surface area (Å²) in [6, 6.07) is -1.98. The molecule has 6 N–H and O–H groups in total. The Morgan fingerprint density at radius 3 is 1.38 bits per heavy atom. The predicted octanol–water partition coefficient (Wildman–Crippen LogP) is 11.4. The van der Waals surface area contributed by atoms with Crippen molar-refractivity contribution in [1.82, 2.24) is 10.6 Å². The third-order valence-corrected chi connectivity index (χ3v) is 13.0. The Labute approximate surface area is 398 Å². The van der Waals surface area contributed by atoms with Gasteiger partial charge in [0.05, 0.1) is 6.04 Å². The molecule has 0 aliphatic heterocycles. The van der Waals surface area contributed by atoms with E-state index in [9.17, 15) is 33.9 Å². The lowest BCUT2D eigenvalue weighted by Gasteiger charge is -2.19. The van der Waals surface area contributed by atoms with E-state index >= 15 is 0 Å². The number of ether oxygens (including phenoxy) is 2. The summed E-state index contributed by atoms with van der Waals surface area (Å²) in [5.74, 6) is -2.98. The van der Waals surface area contributed by atoms with E-state index in [1.54, 1.807) is 0 Å². The van der Waals surface area contributed by atoms with Crippen LogP contribution in [0.1, 0.15) is 245 Å². The number of nitrogens with two attached hydrogens (primary N) is 1. The number of aliphatic carboxylic acids is 2. The Morgan fingerprint density at radius 1 is 0.523 bits per heavy atom. The van der Waals surface area contributed by atoms with Crippen molar-refractivity contribution in [2.45, 2.75) is 263 Å². The van der Waals surface area contributed by atoms with Crippen LogP contribution in [0.25, 0.3) is 0 Å². The van der Waals surface area contributed by atoms with Crippen molar-refractivity contribution in [3.05, 3.63) is 0 Å². The zero-order chi connectivity index (χ0) is 48.0. The van der Waals surface area contributed by atoms with Gasteiger partial charge in [-0.05, 0) is 32.1 Å². The molecule has 14 heteroatoms. The highest BCUT2D eigenvalue weighted by atomic mass is 32.2. The van der Waals surface area contributed by atoms with Crippen LogP contribution in [0, 0.1) is 0 Å². The van der Waals surface area contributed by atoms with Crippen molar-refractivity contribution in [3.8, 4) is 0 Å². The molecule has 380 valence electrons. The number of nitrogens with one attached hydrogen (secondary N) is 2. The van der Waals surface area contributed by atoms with E-state index in [1.807, 2.05) is 0 Å². The number of carbonyl (C=O) groups is 6. The van der Waals surface area contributed by atoms with Gasteiger partial charge in [0.1, 0.15) is 18.8 Å². The van der Waals surface area contributed by atoms with Crippen molar-refractivity contribution in [2.75, 3.05) is 24.7 Å². The molecule has 0 aromatic rings. The lowest BCUT2D eigenvalue weighted by Crippen LogP contribution is -2.43. The van der Waals surface area contributed by atoms with Crippen LogP contribution in [0.2, 0.25) is 0 Å². The molecule has 0 aliphatic carbocycles. The normalized spacial score (nSPS) is 12.6. The summed E-state index contributed by atoms with van der Waals surface area (Å²) >= 11 is 1.40. The number of esters is 2. The van der Waals surface area contributed by atoms with Crippen LogP contribution in [-0.2, 0) is 38.2 Å². The van der Waals surface area contributed by atoms with Gasteiger partial charge in [-0.2, -0.15) is 11.8 Å². The van der Waals surface area contributed by atoms with Crippen molar-refractivity contribution >= 4 is 47.5 Å². The smallest absolute Gasteiger partial charge is 0.326 e. The van der Waals surface area contributed by atoms with Crippen molar-refractivity contribution in [2.24, 2.45) is 5.73 Å². The van der Waals surface area contributed by atoms with Gasteiger partial charge in [0.15, 0.2) is 0 Å². The molecule has 65 heavy (non-hydrogen) atoms. The zero-order valence-corrected chi connectivity index (χ0v) is 42.0. The fraction of sp³-hybridized carbons (Fsp3) is 0.882. The molecule has 0 aliphatic rings. The van der Waals surface area contributed by atoms with Gasteiger partial charge in [-0.3, -0.25) is 24.0 Å². The molecule has 0 rings (SSSR count). The summed E-state index contributed by atoms with van der Waals surface area (Å²) in [5, 5.41) is 23.2. The second-order valence-electron chi connectivity index (χ2n) is 18.1. The number of amides is 2. The first-order chi connectivity index (χ1) is 31.5. The van der Waals surface area contributed by atoms with Crippen LogP contribution < -0.4 is 16.4 Å². The van der Waals surface area contributed by atoms with E-state index in [2.05, 4.69) is 24.5 Å². The molecule has 2 amide bonds. The molecule has 3 atom stereocenters. The van der Waals surface area contributed by atoms with E-state index in [0.717, 1.165) is 64.2 Å². The molecule has 13 nitrogen and oxygen atoms in total. The van der Waals surface area contributed by atoms with Gasteiger partial charge in [0, 0.05) is 43.7 Å². The summed E-state index contributed by atoms with van der Waals surface area (Å²) in [5.41, 5.74) is 6.19. The van der Waals surface area contributed by atoms with Crippen molar-refractivity contribution < 1.29 is 48.5 Å². The van der Waals surface area contributed by atoms with Gasteiger partial charge < -0.3 is 36.1 Å². The molecule has 0 unspecified atom stereocenters. The summed E-state index contributed by atoms with van der Waals surface area (Å²) in [4.78, 5) is 72.3. The molecular formula is C51H95N3O10S. The minimum atomic E-state index is -1.26.